The SMILES string of the molecule is COC(=O)NCCCn1nc(C(C)NC2CC2)cc1C1=CC=CCC1F. The maximum absolute atomic E-state index is 14.4. The van der Waals surface area contributed by atoms with Crippen molar-refractivity contribution in [3.8, 4) is 0 Å². The molecule has 0 aromatic carbocycles. The normalized spacial score (nSPS) is 20.6. The number of rotatable bonds is 8. The highest BCUT2D eigenvalue weighted by Gasteiger charge is 2.26. The number of aromatic nitrogens is 2. The van der Waals surface area contributed by atoms with Crippen LogP contribution in [0.5, 0.6) is 0 Å². The van der Waals surface area contributed by atoms with Gasteiger partial charge in [-0.15, -0.1) is 0 Å². The number of alkyl carbamates (subject to hydrolysis) is 1. The summed E-state index contributed by atoms with van der Waals surface area (Å²) >= 11 is 0. The lowest BCUT2D eigenvalue weighted by Gasteiger charge is -2.15. The van der Waals surface area contributed by atoms with Crippen LogP contribution in [0.25, 0.3) is 5.57 Å². The largest absolute Gasteiger partial charge is 0.453 e. The zero-order chi connectivity index (χ0) is 18.5. The Morgan fingerprint density at radius 2 is 2.31 bits per heavy atom. The molecule has 0 spiro atoms. The highest BCUT2D eigenvalue weighted by Crippen LogP contribution is 2.30. The van der Waals surface area contributed by atoms with E-state index in [0.717, 1.165) is 11.4 Å². The molecule has 2 unspecified atom stereocenters. The number of ether oxygens (including phenoxy) is 1. The van der Waals surface area contributed by atoms with Crippen molar-refractivity contribution in [1.29, 1.82) is 0 Å². The molecule has 1 amide bonds. The number of alkyl halides is 1. The standard InChI is InChI=1S/C19H27FN4O2/c1-13(22-14-8-9-14)17-12-18(15-6-3-4-7-16(15)20)24(23-17)11-5-10-21-19(25)26-2/h3-4,6,12-14,16,22H,5,7-11H2,1-2H3,(H,21,25). The average Bonchev–Trinajstić information content (AvgIpc) is 3.35. The predicted octanol–water partition coefficient (Wildman–Crippen LogP) is 3.12. The van der Waals surface area contributed by atoms with Crippen LogP contribution >= 0.6 is 0 Å². The molecule has 0 aliphatic heterocycles. The number of methoxy groups -OCH3 is 1. The van der Waals surface area contributed by atoms with E-state index in [4.69, 9.17) is 5.10 Å². The topological polar surface area (TPSA) is 68.2 Å². The lowest BCUT2D eigenvalue weighted by atomic mass is 9.99. The van der Waals surface area contributed by atoms with Crippen molar-refractivity contribution in [3.05, 3.63) is 35.7 Å². The first-order valence-corrected chi connectivity index (χ1v) is 9.25. The van der Waals surface area contributed by atoms with Gasteiger partial charge in [-0.1, -0.05) is 18.2 Å². The lowest BCUT2D eigenvalue weighted by molar-refractivity contribution is 0.170. The molecular weight excluding hydrogens is 335 g/mol. The van der Waals surface area contributed by atoms with E-state index in [9.17, 15) is 9.18 Å². The molecule has 0 bridgehead atoms. The summed E-state index contributed by atoms with van der Waals surface area (Å²) in [7, 11) is 1.34. The Bertz CT molecular complexity index is 694. The van der Waals surface area contributed by atoms with Crippen molar-refractivity contribution in [2.45, 2.75) is 57.4 Å². The molecular formula is C19H27FN4O2. The van der Waals surface area contributed by atoms with E-state index < -0.39 is 12.3 Å². The van der Waals surface area contributed by atoms with Crippen molar-refractivity contribution >= 4 is 11.7 Å². The van der Waals surface area contributed by atoms with E-state index in [-0.39, 0.29) is 6.04 Å². The Balaban J connectivity index is 1.73. The van der Waals surface area contributed by atoms with E-state index in [1.807, 2.05) is 29.0 Å². The molecule has 3 rings (SSSR count). The minimum atomic E-state index is -1.01. The molecule has 7 heteroatoms. The number of halogens is 1. The molecule has 0 radical (unpaired) electrons. The Hall–Kier alpha value is -2.15. The van der Waals surface area contributed by atoms with Gasteiger partial charge in [-0.3, -0.25) is 4.68 Å². The van der Waals surface area contributed by atoms with Crippen LogP contribution < -0.4 is 10.6 Å². The van der Waals surface area contributed by atoms with E-state index in [1.165, 1.54) is 20.0 Å². The fourth-order valence-electron chi connectivity index (χ4n) is 3.08. The van der Waals surface area contributed by atoms with Crippen molar-refractivity contribution < 1.29 is 13.9 Å². The summed E-state index contributed by atoms with van der Waals surface area (Å²) in [5.41, 5.74) is 2.42. The number of nitrogens with zero attached hydrogens (tertiary/aromatic N) is 2. The summed E-state index contributed by atoms with van der Waals surface area (Å²) < 4.78 is 20.9. The zero-order valence-corrected chi connectivity index (χ0v) is 15.4. The van der Waals surface area contributed by atoms with E-state index >= 15 is 0 Å². The van der Waals surface area contributed by atoms with Crippen molar-refractivity contribution in [2.24, 2.45) is 0 Å². The number of carbonyl (C=O) groups excluding carboxylic acids is 1. The Kier molecular flexibility index (Phi) is 6.08. The highest BCUT2D eigenvalue weighted by atomic mass is 19.1. The Morgan fingerprint density at radius 1 is 1.50 bits per heavy atom. The van der Waals surface area contributed by atoms with Crippen LogP contribution in [0.3, 0.4) is 0 Å². The number of allylic oxidation sites excluding steroid dienone is 4. The third-order valence-corrected chi connectivity index (χ3v) is 4.70. The number of aryl methyl sites for hydroxylation is 1. The first-order chi connectivity index (χ1) is 12.6. The minimum Gasteiger partial charge on any atom is -0.453 e. The van der Waals surface area contributed by atoms with Crippen molar-refractivity contribution in [2.75, 3.05) is 13.7 Å². The highest BCUT2D eigenvalue weighted by molar-refractivity contribution is 5.69. The van der Waals surface area contributed by atoms with Gasteiger partial charge in [-0.25, -0.2) is 9.18 Å². The molecule has 142 valence electrons. The molecule has 0 saturated heterocycles. The number of hydrogen-bond donors (Lipinski definition) is 2. The number of carbonyl (C=O) groups is 1. The van der Waals surface area contributed by atoms with Gasteiger partial charge in [0, 0.05) is 37.2 Å². The molecule has 2 atom stereocenters. The van der Waals surface area contributed by atoms with E-state index in [1.54, 1.807) is 0 Å². The first-order valence-electron chi connectivity index (χ1n) is 9.25. The number of amides is 1. The molecule has 26 heavy (non-hydrogen) atoms. The summed E-state index contributed by atoms with van der Waals surface area (Å²) in [4.78, 5) is 11.2. The lowest BCUT2D eigenvalue weighted by Crippen LogP contribution is -2.25. The Morgan fingerprint density at radius 3 is 3.00 bits per heavy atom. The second kappa shape index (κ2) is 8.49. The molecule has 2 aliphatic carbocycles. The van der Waals surface area contributed by atoms with Crippen LogP contribution in [-0.2, 0) is 11.3 Å². The van der Waals surface area contributed by atoms with Gasteiger partial charge in [-0.05, 0) is 32.3 Å². The monoisotopic (exact) mass is 362 g/mol. The fourth-order valence-corrected chi connectivity index (χ4v) is 3.08. The molecule has 1 saturated carbocycles. The van der Waals surface area contributed by atoms with E-state index in [0.29, 0.717) is 37.5 Å². The predicted molar refractivity (Wildman–Crippen MR) is 98.5 cm³/mol. The Labute approximate surface area is 153 Å². The van der Waals surface area contributed by atoms with Crippen LogP contribution in [0, 0.1) is 0 Å². The number of hydrogen-bond acceptors (Lipinski definition) is 4. The summed E-state index contributed by atoms with van der Waals surface area (Å²) in [6.07, 6.45) is 7.61. The summed E-state index contributed by atoms with van der Waals surface area (Å²) in [6.45, 7) is 3.17. The first kappa shape index (κ1) is 18.6. The molecule has 1 heterocycles. The third-order valence-electron chi connectivity index (χ3n) is 4.70. The van der Waals surface area contributed by atoms with Crippen LogP contribution in [0.15, 0.2) is 24.3 Å². The van der Waals surface area contributed by atoms with Crippen molar-refractivity contribution in [1.82, 2.24) is 20.4 Å². The van der Waals surface area contributed by atoms with Gasteiger partial charge < -0.3 is 15.4 Å². The summed E-state index contributed by atoms with van der Waals surface area (Å²) in [5, 5.41) is 10.9. The molecule has 1 aromatic rings. The van der Waals surface area contributed by atoms with Gasteiger partial charge in [0.25, 0.3) is 0 Å². The van der Waals surface area contributed by atoms with Gasteiger partial charge in [0.15, 0.2) is 0 Å². The molecule has 1 aromatic heterocycles. The molecule has 2 N–H and O–H groups in total. The molecule has 2 aliphatic rings. The average molecular weight is 362 g/mol. The second-order valence-corrected chi connectivity index (χ2v) is 6.87. The van der Waals surface area contributed by atoms with Crippen molar-refractivity contribution in [3.63, 3.8) is 0 Å². The second-order valence-electron chi connectivity index (χ2n) is 6.87. The summed E-state index contributed by atoms with van der Waals surface area (Å²) in [5.74, 6) is 0. The summed E-state index contributed by atoms with van der Waals surface area (Å²) in [6, 6.07) is 2.70. The minimum absolute atomic E-state index is 0.133. The van der Waals surface area contributed by atoms with E-state index in [2.05, 4.69) is 22.3 Å². The fraction of sp³-hybridized carbons (Fsp3) is 0.579. The van der Waals surface area contributed by atoms with Gasteiger partial charge in [0.1, 0.15) is 6.17 Å². The number of nitrogens with one attached hydrogen (secondary N) is 2. The van der Waals surface area contributed by atoms with Gasteiger partial charge in [-0.2, -0.15) is 5.10 Å². The maximum Gasteiger partial charge on any atom is 0.406 e. The maximum atomic E-state index is 14.4. The smallest absolute Gasteiger partial charge is 0.406 e. The van der Waals surface area contributed by atoms with Gasteiger partial charge in [0.2, 0.25) is 0 Å². The third kappa shape index (κ3) is 4.72. The van der Waals surface area contributed by atoms with Crippen LogP contribution in [0.4, 0.5) is 9.18 Å². The molecule has 1 fully saturated rings. The van der Waals surface area contributed by atoms with Crippen LogP contribution in [0.1, 0.15) is 50.0 Å². The van der Waals surface area contributed by atoms with Gasteiger partial charge in [0.05, 0.1) is 18.5 Å². The molecule has 6 nitrogen and oxygen atoms in total. The van der Waals surface area contributed by atoms with Crippen LogP contribution in [-0.4, -0.2) is 41.7 Å². The zero-order valence-electron chi connectivity index (χ0n) is 15.4. The van der Waals surface area contributed by atoms with Crippen LogP contribution in [0.2, 0.25) is 0 Å². The van der Waals surface area contributed by atoms with Gasteiger partial charge >= 0.3 is 6.09 Å². The quantitative estimate of drug-likeness (QED) is 0.697.